The van der Waals surface area contributed by atoms with E-state index in [-0.39, 0.29) is 0 Å². The van der Waals surface area contributed by atoms with Crippen molar-refractivity contribution in [2.45, 2.75) is 0 Å². The molecule has 0 amide bonds. The maximum absolute atomic E-state index is 6.08. The first-order valence-electron chi connectivity index (χ1n) is 6.57. The molecule has 1 N–H and O–H groups in total. The molecule has 1 heterocycles. The molecule has 0 aliphatic heterocycles. The Balaban J connectivity index is 1.69. The summed E-state index contributed by atoms with van der Waals surface area (Å²) in [5, 5.41) is 8.63. The molecule has 0 atom stereocenters. The summed E-state index contributed by atoms with van der Waals surface area (Å²) >= 11 is 19.3. The first-order valence-corrected chi connectivity index (χ1v) is 8.59. The van der Waals surface area contributed by atoms with Gasteiger partial charge in [-0.1, -0.05) is 53.0 Å². The van der Waals surface area contributed by atoms with Crippen LogP contribution in [0.1, 0.15) is 5.56 Å². The Morgan fingerprint density at radius 2 is 1.74 bits per heavy atom. The molecule has 1 aromatic heterocycles. The number of nitrogens with one attached hydrogen (secondary N) is 1. The summed E-state index contributed by atoms with van der Waals surface area (Å²) in [6.45, 7) is 0. The van der Waals surface area contributed by atoms with Crippen LogP contribution in [0.25, 0.3) is 11.3 Å². The van der Waals surface area contributed by atoms with E-state index in [2.05, 4.69) is 15.5 Å². The summed E-state index contributed by atoms with van der Waals surface area (Å²) in [7, 11) is 0. The quantitative estimate of drug-likeness (QED) is 0.430. The Bertz CT molecular complexity index is 844. The van der Waals surface area contributed by atoms with Crippen molar-refractivity contribution in [1.82, 2.24) is 4.98 Å². The molecular formula is C16H10Cl3N3S. The van der Waals surface area contributed by atoms with Crippen LogP contribution in [0.5, 0.6) is 0 Å². The van der Waals surface area contributed by atoms with Crippen LogP contribution in [0, 0.1) is 0 Å². The minimum Gasteiger partial charge on any atom is -0.253 e. The third kappa shape index (κ3) is 4.24. The molecular weight excluding hydrogens is 373 g/mol. The number of hydrogen-bond acceptors (Lipinski definition) is 4. The molecule has 7 heteroatoms. The van der Waals surface area contributed by atoms with Gasteiger partial charge >= 0.3 is 0 Å². The van der Waals surface area contributed by atoms with Gasteiger partial charge in [-0.25, -0.2) is 4.98 Å². The summed E-state index contributed by atoms with van der Waals surface area (Å²) in [5.74, 6) is 0. The largest absolute Gasteiger partial charge is 0.253 e. The Morgan fingerprint density at radius 1 is 1.00 bits per heavy atom. The Morgan fingerprint density at radius 3 is 2.48 bits per heavy atom. The topological polar surface area (TPSA) is 37.3 Å². The SMILES string of the molecule is Clc1ccc(-c2csc(N/N=C\c3ccc(Cl)cc3Cl)n2)cc1. The number of rotatable bonds is 4. The normalized spacial score (nSPS) is 11.1. The Labute approximate surface area is 152 Å². The van der Waals surface area contributed by atoms with Gasteiger partial charge in [-0.05, 0) is 24.3 Å². The van der Waals surface area contributed by atoms with Crippen molar-refractivity contribution >= 4 is 57.5 Å². The molecule has 3 rings (SSSR count). The Kier molecular flexibility index (Phi) is 5.18. The van der Waals surface area contributed by atoms with Crippen molar-refractivity contribution in [2.75, 3.05) is 5.43 Å². The van der Waals surface area contributed by atoms with Gasteiger partial charge in [-0.3, -0.25) is 5.43 Å². The average molecular weight is 383 g/mol. The number of benzene rings is 2. The number of halogens is 3. The van der Waals surface area contributed by atoms with Crippen LogP contribution < -0.4 is 5.43 Å². The van der Waals surface area contributed by atoms with Crippen molar-refractivity contribution in [2.24, 2.45) is 5.10 Å². The predicted octanol–water partition coefficient (Wildman–Crippen LogP) is 6.22. The highest BCUT2D eigenvalue weighted by Gasteiger charge is 2.04. The van der Waals surface area contributed by atoms with Crippen molar-refractivity contribution in [3.63, 3.8) is 0 Å². The molecule has 3 nitrogen and oxygen atoms in total. The van der Waals surface area contributed by atoms with Gasteiger partial charge in [0.05, 0.1) is 16.9 Å². The van der Waals surface area contributed by atoms with E-state index in [1.807, 2.05) is 29.6 Å². The molecule has 0 aliphatic carbocycles. The summed E-state index contributed by atoms with van der Waals surface area (Å²) in [6, 6.07) is 12.8. The molecule has 2 aromatic carbocycles. The summed E-state index contributed by atoms with van der Waals surface area (Å²) in [6.07, 6.45) is 1.63. The second kappa shape index (κ2) is 7.32. The first kappa shape index (κ1) is 16.3. The fourth-order valence-corrected chi connectivity index (χ4v) is 3.09. The fraction of sp³-hybridized carbons (Fsp3) is 0. The van der Waals surface area contributed by atoms with Crippen molar-refractivity contribution in [3.05, 3.63) is 68.5 Å². The van der Waals surface area contributed by atoms with E-state index in [0.29, 0.717) is 20.2 Å². The predicted molar refractivity (Wildman–Crippen MR) is 100 cm³/mol. The molecule has 0 radical (unpaired) electrons. The third-order valence-electron chi connectivity index (χ3n) is 2.97. The van der Waals surface area contributed by atoms with Gasteiger partial charge in [0.2, 0.25) is 5.13 Å². The monoisotopic (exact) mass is 381 g/mol. The zero-order valence-electron chi connectivity index (χ0n) is 11.6. The van der Waals surface area contributed by atoms with Gasteiger partial charge in [0.1, 0.15) is 0 Å². The fourth-order valence-electron chi connectivity index (χ4n) is 1.84. The van der Waals surface area contributed by atoms with Gasteiger partial charge in [-0.15, -0.1) is 11.3 Å². The molecule has 0 spiro atoms. The highest BCUT2D eigenvalue weighted by atomic mass is 35.5. The van der Waals surface area contributed by atoms with Gasteiger partial charge in [-0.2, -0.15) is 5.10 Å². The zero-order valence-corrected chi connectivity index (χ0v) is 14.7. The molecule has 0 saturated carbocycles. The lowest BCUT2D eigenvalue weighted by molar-refractivity contribution is 1.29. The van der Waals surface area contributed by atoms with E-state index in [9.17, 15) is 0 Å². The summed E-state index contributed by atoms with van der Waals surface area (Å²) in [4.78, 5) is 4.47. The molecule has 23 heavy (non-hydrogen) atoms. The van der Waals surface area contributed by atoms with Crippen LogP contribution in [-0.4, -0.2) is 11.2 Å². The molecule has 116 valence electrons. The molecule has 3 aromatic rings. The van der Waals surface area contributed by atoms with E-state index < -0.39 is 0 Å². The van der Waals surface area contributed by atoms with E-state index in [1.165, 1.54) is 11.3 Å². The Hall–Kier alpha value is -1.59. The van der Waals surface area contributed by atoms with Gasteiger partial charge < -0.3 is 0 Å². The minimum atomic E-state index is 0.545. The second-order valence-corrected chi connectivity index (χ2v) is 6.72. The van der Waals surface area contributed by atoms with Gasteiger partial charge in [0.25, 0.3) is 0 Å². The van der Waals surface area contributed by atoms with Crippen LogP contribution >= 0.6 is 46.1 Å². The van der Waals surface area contributed by atoms with Crippen LogP contribution in [0.15, 0.2) is 52.9 Å². The maximum Gasteiger partial charge on any atom is 0.203 e. The van der Waals surface area contributed by atoms with E-state index in [4.69, 9.17) is 34.8 Å². The number of thiazole rings is 1. The standard InChI is InChI=1S/C16H10Cl3N3S/c17-12-4-1-10(2-5-12)15-9-23-16(21-15)22-20-8-11-3-6-13(18)7-14(11)19/h1-9H,(H,21,22)/b20-8-. The molecule has 0 bridgehead atoms. The van der Waals surface area contributed by atoms with Gasteiger partial charge in [0, 0.05) is 26.6 Å². The van der Waals surface area contributed by atoms with Crippen molar-refractivity contribution in [3.8, 4) is 11.3 Å². The summed E-state index contributed by atoms with van der Waals surface area (Å²) < 4.78 is 0. The number of anilines is 1. The lowest BCUT2D eigenvalue weighted by Crippen LogP contribution is -1.91. The summed E-state index contributed by atoms with van der Waals surface area (Å²) in [5.41, 5.74) is 5.54. The minimum absolute atomic E-state index is 0.545. The molecule has 0 fully saturated rings. The number of hydrogen-bond donors (Lipinski definition) is 1. The lowest BCUT2D eigenvalue weighted by Gasteiger charge is -1.98. The zero-order chi connectivity index (χ0) is 16.2. The second-order valence-electron chi connectivity index (χ2n) is 4.58. The van der Waals surface area contributed by atoms with Crippen LogP contribution in [0.2, 0.25) is 15.1 Å². The molecule has 0 aliphatic rings. The van der Waals surface area contributed by atoms with E-state index in [1.54, 1.807) is 24.4 Å². The first-order chi connectivity index (χ1) is 11.1. The number of nitrogens with zero attached hydrogens (tertiary/aromatic N) is 2. The van der Waals surface area contributed by atoms with Crippen LogP contribution in [0.3, 0.4) is 0 Å². The van der Waals surface area contributed by atoms with Gasteiger partial charge in [0.15, 0.2) is 0 Å². The van der Waals surface area contributed by atoms with Crippen molar-refractivity contribution < 1.29 is 0 Å². The highest BCUT2D eigenvalue weighted by molar-refractivity contribution is 7.14. The smallest absolute Gasteiger partial charge is 0.203 e. The third-order valence-corrected chi connectivity index (χ3v) is 4.53. The van der Waals surface area contributed by atoms with E-state index >= 15 is 0 Å². The molecule has 0 unspecified atom stereocenters. The number of hydrazone groups is 1. The molecule has 0 saturated heterocycles. The lowest BCUT2D eigenvalue weighted by atomic mass is 10.2. The van der Waals surface area contributed by atoms with Crippen LogP contribution in [-0.2, 0) is 0 Å². The maximum atomic E-state index is 6.08. The average Bonchev–Trinajstić information content (AvgIpc) is 2.99. The van der Waals surface area contributed by atoms with E-state index in [0.717, 1.165) is 16.8 Å². The highest BCUT2D eigenvalue weighted by Crippen LogP contribution is 2.26. The number of aromatic nitrogens is 1. The van der Waals surface area contributed by atoms with Crippen LogP contribution in [0.4, 0.5) is 5.13 Å². The van der Waals surface area contributed by atoms with Crippen molar-refractivity contribution in [1.29, 1.82) is 0 Å².